The van der Waals surface area contributed by atoms with Gasteiger partial charge in [0.2, 0.25) is 5.91 Å². The average molecular weight is 258 g/mol. The standard InChI is InChI=1S/C12H13ClFNO2/c1-7-2-9(14)4-10(12(7)13)17-6-8-3-11(16)15-5-8/h2,4,8H,3,5-6H2,1H3,(H,15,16). The molecule has 1 aromatic rings. The Morgan fingerprint density at radius 1 is 1.59 bits per heavy atom. The number of rotatable bonds is 3. The van der Waals surface area contributed by atoms with Crippen molar-refractivity contribution in [1.82, 2.24) is 5.32 Å². The number of carbonyl (C=O) groups excluding carboxylic acids is 1. The lowest BCUT2D eigenvalue weighted by Crippen LogP contribution is -2.16. The molecule has 0 saturated carbocycles. The number of amides is 1. The first-order valence-electron chi connectivity index (χ1n) is 5.41. The summed E-state index contributed by atoms with van der Waals surface area (Å²) in [6, 6.07) is 2.62. The smallest absolute Gasteiger partial charge is 0.220 e. The lowest BCUT2D eigenvalue weighted by molar-refractivity contribution is -0.119. The summed E-state index contributed by atoms with van der Waals surface area (Å²) in [6.07, 6.45) is 0.450. The van der Waals surface area contributed by atoms with Gasteiger partial charge in [-0.05, 0) is 18.6 Å². The minimum Gasteiger partial charge on any atom is -0.492 e. The summed E-state index contributed by atoms with van der Waals surface area (Å²) < 4.78 is 18.6. The van der Waals surface area contributed by atoms with E-state index < -0.39 is 0 Å². The first-order chi connectivity index (χ1) is 8.06. The molecule has 1 fully saturated rings. The fourth-order valence-corrected chi connectivity index (χ4v) is 1.95. The number of aryl methyl sites for hydroxylation is 1. The van der Waals surface area contributed by atoms with Crippen LogP contribution in [0.25, 0.3) is 0 Å². The van der Waals surface area contributed by atoms with E-state index in [9.17, 15) is 9.18 Å². The van der Waals surface area contributed by atoms with Gasteiger partial charge in [-0.3, -0.25) is 4.79 Å². The number of hydrogen-bond donors (Lipinski definition) is 1. The SMILES string of the molecule is Cc1cc(F)cc(OCC2CNC(=O)C2)c1Cl. The van der Waals surface area contributed by atoms with E-state index in [1.165, 1.54) is 12.1 Å². The van der Waals surface area contributed by atoms with Crippen molar-refractivity contribution in [2.75, 3.05) is 13.2 Å². The predicted molar refractivity (Wildman–Crippen MR) is 62.8 cm³/mol. The number of halogens is 2. The van der Waals surface area contributed by atoms with Crippen molar-refractivity contribution in [2.45, 2.75) is 13.3 Å². The van der Waals surface area contributed by atoms with Gasteiger partial charge in [0.1, 0.15) is 11.6 Å². The van der Waals surface area contributed by atoms with Crippen molar-refractivity contribution in [2.24, 2.45) is 5.92 Å². The Labute approximate surface area is 104 Å². The van der Waals surface area contributed by atoms with Crippen molar-refractivity contribution in [3.05, 3.63) is 28.5 Å². The number of benzene rings is 1. The zero-order valence-electron chi connectivity index (χ0n) is 9.43. The van der Waals surface area contributed by atoms with Crippen molar-refractivity contribution < 1.29 is 13.9 Å². The Bertz CT molecular complexity index is 450. The molecule has 17 heavy (non-hydrogen) atoms. The first-order valence-corrected chi connectivity index (χ1v) is 5.79. The maximum atomic E-state index is 13.2. The summed E-state index contributed by atoms with van der Waals surface area (Å²) in [7, 11) is 0. The molecule has 1 unspecified atom stereocenters. The molecule has 0 radical (unpaired) electrons. The van der Waals surface area contributed by atoms with E-state index in [2.05, 4.69) is 5.32 Å². The molecule has 0 aliphatic carbocycles. The topological polar surface area (TPSA) is 38.3 Å². The molecule has 1 atom stereocenters. The molecule has 5 heteroatoms. The monoisotopic (exact) mass is 257 g/mol. The lowest BCUT2D eigenvalue weighted by atomic mass is 10.1. The highest BCUT2D eigenvalue weighted by Crippen LogP contribution is 2.29. The molecule has 1 aromatic carbocycles. The van der Waals surface area contributed by atoms with Crippen molar-refractivity contribution in [3.63, 3.8) is 0 Å². The van der Waals surface area contributed by atoms with E-state index in [-0.39, 0.29) is 17.6 Å². The van der Waals surface area contributed by atoms with Crippen LogP contribution in [0.3, 0.4) is 0 Å². The van der Waals surface area contributed by atoms with Gasteiger partial charge in [-0.1, -0.05) is 11.6 Å². The molecule has 1 aliphatic rings. The summed E-state index contributed by atoms with van der Waals surface area (Å²) >= 11 is 6.01. The molecule has 2 rings (SSSR count). The van der Waals surface area contributed by atoms with Crippen molar-refractivity contribution >= 4 is 17.5 Å². The molecule has 1 heterocycles. The highest BCUT2D eigenvalue weighted by atomic mass is 35.5. The van der Waals surface area contributed by atoms with Crippen LogP contribution in [0, 0.1) is 18.7 Å². The fourth-order valence-electron chi connectivity index (χ4n) is 1.79. The zero-order valence-corrected chi connectivity index (χ0v) is 10.2. The van der Waals surface area contributed by atoms with Crippen LogP contribution in [0.4, 0.5) is 4.39 Å². The van der Waals surface area contributed by atoms with E-state index in [0.717, 1.165) is 0 Å². The zero-order chi connectivity index (χ0) is 12.4. The number of hydrogen-bond acceptors (Lipinski definition) is 2. The Morgan fingerprint density at radius 2 is 2.35 bits per heavy atom. The Balaban J connectivity index is 2.01. The number of carbonyl (C=O) groups is 1. The molecule has 0 bridgehead atoms. The highest BCUT2D eigenvalue weighted by Gasteiger charge is 2.22. The second-order valence-corrected chi connectivity index (χ2v) is 4.60. The second-order valence-electron chi connectivity index (χ2n) is 4.22. The van der Waals surface area contributed by atoms with E-state index >= 15 is 0 Å². The second kappa shape index (κ2) is 4.92. The molecule has 1 aliphatic heterocycles. The molecule has 0 spiro atoms. The lowest BCUT2D eigenvalue weighted by Gasteiger charge is -2.12. The van der Waals surface area contributed by atoms with Gasteiger partial charge in [0, 0.05) is 24.9 Å². The van der Waals surface area contributed by atoms with Gasteiger partial charge in [0.25, 0.3) is 0 Å². The van der Waals surface area contributed by atoms with Gasteiger partial charge < -0.3 is 10.1 Å². The van der Waals surface area contributed by atoms with E-state index in [1.54, 1.807) is 6.92 Å². The van der Waals surface area contributed by atoms with Crippen LogP contribution in [0.15, 0.2) is 12.1 Å². The molecule has 1 saturated heterocycles. The number of ether oxygens (including phenoxy) is 1. The predicted octanol–water partition coefficient (Wildman–Crippen LogP) is 2.30. The first kappa shape index (κ1) is 12.2. The van der Waals surface area contributed by atoms with Crippen LogP contribution < -0.4 is 10.1 Å². The summed E-state index contributed by atoms with van der Waals surface area (Å²) in [6.45, 7) is 2.69. The van der Waals surface area contributed by atoms with Crippen LogP contribution in [0.5, 0.6) is 5.75 Å². The Hall–Kier alpha value is -1.29. The third-order valence-corrected chi connectivity index (χ3v) is 3.21. The Morgan fingerprint density at radius 3 is 3.00 bits per heavy atom. The third kappa shape index (κ3) is 2.88. The largest absolute Gasteiger partial charge is 0.492 e. The Kier molecular flexibility index (Phi) is 3.52. The van der Waals surface area contributed by atoms with E-state index in [4.69, 9.17) is 16.3 Å². The average Bonchev–Trinajstić information content (AvgIpc) is 2.67. The van der Waals surface area contributed by atoms with Crippen molar-refractivity contribution in [3.8, 4) is 5.75 Å². The van der Waals surface area contributed by atoms with Gasteiger partial charge in [0.05, 0.1) is 11.6 Å². The summed E-state index contributed by atoms with van der Waals surface area (Å²) in [5.41, 5.74) is 0.641. The van der Waals surface area contributed by atoms with Crippen LogP contribution in [0.1, 0.15) is 12.0 Å². The van der Waals surface area contributed by atoms with E-state index in [1.807, 2.05) is 0 Å². The van der Waals surface area contributed by atoms with Crippen molar-refractivity contribution in [1.29, 1.82) is 0 Å². The minimum atomic E-state index is -0.373. The molecule has 1 N–H and O–H groups in total. The molecule has 0 aromatic heterocycles. The summed E-state index contributed by atoms with van der Waals surface area (Å²) in [5.74, 6) is 0.119. The maximum Gasteiger partial charge on any atom is 0.220 e. The van der Waals surface area contributed by atoms with Crippen LogP contribution in [0.2, 0.25) is 5.02 Å². The maximum absolute atomic E-state index is 13.2. The molecular weight excluding hydrogens is 245 g/mol. The molecular formula is C12H13ClFNO2. The molecule has 3 nitrogen and oxygen atoms in total. The van der Waals surface area contributed by atoms with Gasteiger partial charge in [-0.25, -0.2) is 4.39 Å². The summed E-state index contributed by atoms with van der Waals surface area (Å²) in [5, 5.41) is 3.14. The van der Waals surface area contributed by atoms with Crippen LogP contribution >= 0.6 is 11.6 Å². The normalized spacial score (nSPS) is 19.2. The quantitative estimate of drug-likeness (QED) is 0.902. The van der Waals surface area contributed by atoms with Gasteiger partial charge in [0.15, 0.2) is 0 Å². The van der Waals surface area contributed by atoms with Gasteiger partial charge in [-0.15, -0.1) is 0 Å². The van der Waals surface area contributed by atoms with Crippen LogP contribution in [-0.2, 0) is 4.79 Å². The fraction of sp³-hybridized carbons (Fsp3) is 0.417. The summed E-state index contributed by atoms with van der Waals surface area (Å²) in [4.78, 5) is 11.0. The van der Waals surface area contributed by atoms with E-state index in [0.29, 0.717) is 35.9 Å². The molecule has 92 valence electrons. The minimum absolute atomic E-state index is 0.0279. The van der Waals surface area contributed by atoms with Gasteiger partial charge >= 0.3 is 0 Å². The highest BCUT2D eigenvalue weighted by molar-refractivity contribution is 6.32. The van der Waals surface area contributed by atoms with Crippen LogP contribution in [-0.4, -0.2) is 19.1 Å². The third-order valence-electron chi connectivity index (χ3n) is 2.72. The van der Waals surface area contributed by atoms with Gasteiger partial charge in [-0.2, -0.15) is 0 Å². The number of nitrogens with one attached hydrogen (secondary N) is 1. The molecule has 1 amide bonds.